The fourth-order valence-corrected chi connectivity index (χ4v) is 6.23. The molecular weight excluding hydrogens is 312 g/mol. The van der Waals surface area contributed by atoms with Crippen LogP contribution in [0.4, 0.5) is 5.69 Å². The lowest BCUT2D eigenvalue weighted by atomic mass is 9.68. The Hall–Kier alpha value is -1.68. The monoisotopic (exact) mass is 338 g/mol. The number of rotatable bonds is 1. The van der Waals surface area contributed by atoms with E-state index in [-0.39, 0.29) is 35.2 Å². The zero-order chi connectivity index (χ0) is 17.2. The molecule has 3 saturated heterocycles. The van der Waals surface area contributed by atoms with E-state index in [2.05, 4.69) is 11.8 Å². The molecule has 4 nitrogen and oxygen atoms in total. The van der Waals surface area contributed by atoms with Gasteiger partial charge in [-0.15, -0.1) is 0 Å². The summed E-state index contributed by atoms with van der Waals surface area (Å²) in [5.74, 6) is 0.600. The predicted molar refractivity (Wildman–Crippen MR) is 96.0 cm³/mol. The van der Waals surface area contributed by atoms with Crippen LogP contribution in [0.2, 0.25) is 0 Å². The van der Waals surface area contributed by atoms with Crippen molar-refractivity contribution >= 4 is 17.5 Å². The summed E-state index contributed by atoms with van der Waals surface area (Å²) in [4.78, 5) is 30.9. The number of para-hydroxylation sites is 1. The molecule has 4 fully saturated rings. The second kappa shape index (κ2) is 5.41. The number of amides is 2. The summed E-state index contributed by atoms with van der Waals surface area (Å²) in [5, 5.41) is 0. The molecule has 132 valence electrons. The van der Waals surface area contributed by atoms with E-state index >= 15 is 0 Å². The molecule has 1 spiro atoms. The molecule has 3 heterocycles. The summed E-state index contributed by atoms with van der Waals surface area (Å²) >= 11 is 0. The first kappa shape index (κ1) is 15.6. The van der Waals surface area contributed by atoms with Crippen LogP contribution in [0.15, 0.2) is 30.3 Å². The summed E-state index contributed by atoms with van der Waals surface area (Å²) in [7, 11) is 0. The van der Waals surface area contributed by atoms with Crippen molar-refractivity contribution in [2.75, 3.05) is 11.4 Å². The Labute approximate surface area is 149 Å². The van der Waals surface area contributed by atoms with E-state index in [0.717, 1.165) is 43.8 Å². The van der Waals surface area contributed by atoms with Crippen LogP contribution < -0.4 is 4.90 Å². The Morgan fingerprint density at radius 3 is 2.44 bits per heavy atom. The Balaban J connectivity index is 1.58. The lowest BCUT2D eigenvalue weighted by Crippen LogP contribution is -2.54. The number of carbonyl (C=O) groups is 2. The minimum absolute atomic E-state index is 0.0496. The van der Waals surface area contributed by atoms with Crippen molar-refractivity contribution in [1.29, 1.82) is 0 Å². The SMILES string of the molecule is CC1CCC2(CC1)[C@@H]1C(=O)N(c3ccccc3)C(=O)[C@@H]1[C@H]1CCCN12. The van der Waals surface area contributed by atoms with Crippen molar-refractivity contribution < 1.29 is 9.59 Å². The fraction of sp³-hybridized carbons (Fsp3) is 0.619. The van der Waals surface area contributed by atoms with Gasteiger partial charge in [-0.05, 0) is 63.1 Å². The molecule has 0 unspecified atom stereocenters. The predicted octanol–water partition coefficient (Wildman–Crippen LogP) is 3.22. The fourth-order valence-electron chi connectivity index (χ4n) is 6.23. The maximum atomic E-state index is 13.5. The first-order valence-electron chi connectivity index (χ1n) is 9.83. The van der Waals surface area contributed by atoms with Gasteiger partial charge in [0.15, 0.2) is 0 Å². The van der Waals surface area contributed by atoms with Crippen molar-refractivity contribution in [3.05, 3.63) is 30.3 Å². The third-order valence-corrected chi connectivity index (χ3v) is 7.37. The van der Waals surface area contributed by atoms with E-state index < -0.39 is 0 Å². The number of nitrogens with zero attached hydrogens (tertiary/aromatic N) is 2. The van der Waals surface area contributed by atoms with Gasteiger partial charge in [-0.1, -0.05) is 25.1 Å². The molecular formula is C21H26N2O2. The van der Waals surface area contributed by atoms with Crippen LogP contribution in [0, 0.1) is 17.8 Å². The van der Waals surface area contributed by atoms with Crippen LogP contribution in [0.1, 0.15) is 45.4 Å². The molecule has 2 amide bonds. The van der Waals surface area contributed by atoms with E-state index in [0.29, 0.717) is 0 Å². The second-order valence-corrected chi connectivity index (χ2v) is 8.54. The van der Waals surface area contributed by atoms with Crippen molar-refractivity contribution in [3.63, 3.8) is 0 Å². The van der Waals surface area contributed by atoms with Gasteiger partial charge in [-0.3, -0.25) is 14.5 Å². The topological polar surface area (TPSA) is 40.6 Å². The number of hydrogen-bond acceptors (Lipinski definition) is 3. The van der Waals surface area contributed by atoms with E-state index in [9.17, 15) is 9.59 Å². The molecule has 1 aromatic carbocycles. The minimum Gasteiger partial charge on any atom is -0.293 e. The van der Waals surface area contributed by atoms with Crippen LogP contribution in [-0.4, -0.2) is 34.8 Å². The van der Waals surface area contributed by atoms with E-state index in [4.69, 9.17) is 0 Å². The van der Waals surface area contributed by atoms with Gasteiger partial charge in [-0.2, -0.15) is 0 Å². The third kappa shape index (κ3) is 1.97. The molecule has 0 N–H and O–H groups in total. The lowest BCUT2D eigenvalue weighted by molar-refractivity contribution is -0.125. The van der Waals surface area contributed by atoms with Crippen LogP contribution in [0.3, 0.4) is 0 Å². The molecule has 4 aliphatic rings. The number of fused-ring (bicyclic) bond motifs is 5. The summed E-state index contributed by atoms with van der Waals surface area (Å²) < 4.78 is 0. The Kier molecular flexibility index (Phi) is 3.37. The molecule has 0 bridgehead atoms. The summed E-state index contributed by atoms with van der Waals surface area (Å²) in [6.07, 6.45) is 6.75. The number of imide groups is 1. The van der Waals surface area contributed by atoms with E-state index in [1.54, 1.807) is 0 Å². The number of hydrogen-bond donors (Lipinski definition) is 0. The molecule has 5 rings (SSSR count). The first-order valence-corrected chi connectivity index (χ1v) is 9.83. The van der Waals surface area contributed by atoms with Crippen molar-refractivity contribution in [2.45, 2.75) is 57.0 Å². The number of anilines is 1. The van der Waals surface area contributed by atoms with Crippen LogP contribution in [-0.2, 0) is 9.59 Å². The van der Waals surface area contributed by atoms with Crippen LogP contribution in [0.25, 0.3) is 0 Å². The molecule has 1 aromatic rings. The minimum atomic E-state index is -0.127. The van der Waals surface area contributed by atoms with Crippen molar-refractivity contribution in [3.8, 4) is 0 Å². The average Bonchev–Trinajstić information content (AvgIpc) is 3.26. The largest absolute Gasteiger partial charge is 0.293 e. The Morgan fingerprint density at radius 1 is 1.00 bits per heavy atom. The molecule has 0 radical (unpaired) electrons. The number of carbonyl (C=O) groups excluding carboxylic acids is 2. The Bertz CT molecular complexity index is 708. The molecule has 4 heteroatoms. The maximum absolute atomic E-state index is 13.5. The molecule has 3 atom stereocenters. The summed E-state index contributed by atoms with van der Waals surface area (Å²) in [6, 6.07) is 9.80. The molecule has 0 aromatic heterocycles. The zero-order valence-electron chi connectivity index (χ0n) is 14.9. The molecule has 1 aliphatic carbocycles. The highest BCUT2D eigenvalue weighted by atomic mass is 16.2. The average molecular weight is 338 g/mol. The van der Waals surface area contributed by atoms with E-state index in [1.807, 2.05) is 30.3 Å². The zero-order valence-corrected chi connectivity index (χ0v) is 14.9. The lowest BCUT2D eigenvalue weighted by Gasteiger charge is -2.46. The highest BCUT2D eigenvalue weighted by Crippen LogP contribution is 2.58. The van der Waals surface area contributed by atoms with Crippen molar-refractivity contribution in [1.82, 2.24) is 4.90 Å². The van der Waals surface area contributed by atoms with Gasteiger partial charge in [0.05, 0.1) is 17.5 Å². The van der Waals surface area contributed by atoms with Gasteiger partial charge in [-0.25, -0.2) is 4.90 Å². The normalized spacial score (nSPS) is 40.8. The van der Waals surface area contributed by atoms with Crippen molar-refractivity contribution in [2.24, 2.45) is 17.8 Å². The van der Waals surface area contributed by atoms with Gasteiger partial charge < -0.3 is 0 Å². The third-order valence-electron chi connectivity index (χ3n) is 7.37. The smallest absolute Gasteiger partial charge is 0.239 e. The van der Waals surface area contributed by atoms with E-state index in [1.165, 1.54) is 17.7 Å². The first-order chi connectivity index (χ1) is 12.1. The standard InChI is InChI=1S/C21H26N2O2/c1-14-9-11-21(12-10-14)18-17(16-8-5-13-22(16)21)19(24)23(20(18)25)15-6-3-2-4-7-15/h2-4,6-7,14,16-18H,5,8-13H2,1H3/t14?,16-,17-,18+,21?/m1/s1. The summed E-state index contributed by atoms with van der Waals surface area (Å²) in [5.41, 5.74) is 0.685. The highest BCUT2D eigenvalue weighted by Gasteiger charge is 2.69. The quantitative estimate of drug-likeness (QED) is 0.738. The molecule has 1 saturated carbocycles. The summed E-state index contributed by atoms with van der Waals surface area (Å²) in [6.45, 7) is 3.39. The molecule has 25 heavy (non-hydrogen) atoms. The Morgan fingerprint density at radius 2 is 1.72 bits per heavy atom. The maximum Gasteiger partial charge on any atom is 0.239 e. The van der Waals surface area contributed by atoms with Crippen LogP contribution in [0.5, 0.6) is 0 Å². The number of benzene rings is 1. The van der Waals surface area contributed by atoms with Gasteiger partial charge in [0, 0.05) is 11.6 Å². The second-order valence-electron chi connectivity index (χ2n) is 8.54. The van der Waals surface area contributed by atoms with Gasteiger partial charge in [0.25, 0.3) is 0 Å². The molecule has 3 aliphatic heterocycles. The van der Waals surface area contributed by atoms with Gasteiger partial charge in [0.1, 0.15) is 0 Å². The van der Waals surface area contributed by atoms with Crippen LogP contribution >= 0.6 is 0 Å². The highest BCUT2D eigenvalue weighted by molar-refractivity contribution is 6.23. The van der Waals surface area contributed by atoms with Gasteiger partial charge >= 0.3 is 0 Å². The van der Waals surface area contributed by atoms with Gasteiger partial charge in [0.2, 0.25) is 11.8 Å².